The SMILES string of the molecule is O=C1C[C@H](C(F)(F)F)[C@@H]2CCCN12. The molecule has 74 valence electrons. The highest BCUT2D eigenvalue weighted by Gasteiger charge is 2.54. The normalized spacial score (nSPS) is 34.1. The van der Waals surface area contributed by atoms with Gasteiger partial charge in [-0.05, 0) is 12.8 Å². The van der Waals surface area contributed by atoms with E-state index in [2.05, 4.69) is 0 Å². The van der Waals surface area contributed by atoms with Gasteiger partial charge < -0.3 is 4.90 Å². The quantitative estimate of drug-likeness (QED) is 0.571. The molecule has 13 heavy (non-hydrogen) atoms. The summed E-state index contributed by atoms with van der Waals surface area (Å²) in [7, 11) is 0. The lowest BCUT2D eigenvalue weighted by Crippen LogP contribution is -2.34. The highest BCUT2D eigenvalue weighted by atomic mass is 19.4. The van der Waals surface area contributed by atoms with Crippen molar-refractivity contribution in [2.75, 3.05) is 6.54 Å². The second-order valence-corrected chi connectivity index (χ2v) is 3.65. The lowest BCUT2D eigenvalue weighted by molar-refractivity contribution is -0.179. The number of fused-ring (bicyclic) bond motifs is 1. The number of hydrogen-bond acceptors (Lipinski definition) is 1. The fraction of sp³-hybridized carbons (Fsp3) is 0.875. The maximum atomic E-state index is 12.4. The molecule has 0 radical (unpaired) electrons. The summed E-state index contributed by atoms with van der Waals surface area (Å²) in [4.78, 5) is 12.5. The number of amides is 1. The standard InChI is InChI=1S/C8H10F3NO/c9-8(10,11)5-4-7(13)12-3-1-2-6(5)12/h5-6H,1-4H2/t5-,6-/m0/s1. The van der Waals surface area contributed by atoms with Gasteiger partial charge in [0.1, 0.15) is 0 Å². The minimum Gasteiger partial charge on any atom is -0.339 e. The van der Waals surface area contributed by atoms with Crippen LogP contribution in [0.5, 0.6) is 0 Å². The summed E-state index contributed by atoms with van der Waals surface area (Å²) in [6.45, 7) is 0.510. The molecule has 0 spiro atoms. The second kappa shape index (κ2) is 2.62. The molecule has 2 aliphatic heterocycles. The van der Waals surface area contributed by atoms with Crippen molar-refractivity contribution in [2.45, 2.75) is 31.5 Å². The minimum atomic E-state index is -4.21. The lowest BCUT2D eigenvalue weighted by Gasteiger charge is -2.21. The van der Waals surface area contributed by atoms with Crippen molar-refractivity contribution in [2.24, 2.45) is 5.92 Å². The van der Waals surface area contributed by atoms with Crippen LogP contribution in [0, 0.1) is 5.92 Å². The highest BCUT2D eigenvalue weighted by molar-refractivity contribution is 5.79. The fourth-order valence-corrected chi connectivity index (χ4v) is 2.30. The van der Waals surface area contributed by atoms with Gasteiger partial charge in [-0.15, -0.1) is 0 Å². The average molecular weight is 193 g/mol. The predicted octanol–water partition coefficient (Wildman–Crippen LogP) is 1.56. The number of rotatable bonds is 0. The Bertz CT molecular complexity index is 238. The van der Waals surface area contributed by atoms with E-state index in [0.717, 1.165) is 0 Å². The van der Waals surface area contributed by atoms with Gasteiger partial charge in [0.15, 0.2) is 0 Å². The molecule has 2 heterocycles. The maximum absolute atomic E-state index is 12.4. The Hall–Kier alpha value is -0.740. The first-order chi connectivity index (χ1) is 6.00. The molecule has 2 atom stereocenters. The zero-order valence-electron chi connectivity index (χ0n) is 6.97. The molecule has 2 fully saturated rings. The van der Waals surface area contributed by atoms with E-state index in [4.69, 9.17) is 0 Å². The van der Waals surface area contributed by atoms with Crippen LogP contribution in [0.15, 0.2) is 0 Å². The van der Waals surface area contributed by atoms with Gasteiger partial charge in [-0.25, -0.2) is 0 Å². The zero-order valence-corrected chi connectivity index (χ0v) is 6.97. The zero-order chi connectivity index (χ0) is 9.64. The number of nitrogens with zero attached hydrogens (tertiary/aromatic N) is 1. The van der Waals surface area contributed by atoms with Gasteiger partial charge in [0.25, 0.3) is 0 Å². The molecule has 0 aliphatic carbocycles. The van der Waals surface area contributed by atoms with Gasteiger partial charge >= 0.3 is 6.18 Å². The van der Waals surface area contributed by atoms with Gasteiger partial charge in [0.2, 0.25) is 5.91 Å². The molecule has 0 saturated carbocycles. The Balaban J connectivity index is 2.20. The third-order valence-electron chi connectivity index (χ3n) is 2.90. The summed E-state index contributed by atoms with van der Waals surface area (Å²) >= 11 is 0. The van der Waals surface area contributed by atoms with Crippen LogP contribution in [0.3, 0.4) is 0 Å². The van der Waals surface area contributed by atoms with E-state index in [0.29, 0.717) is 19.4 Å². The van der Waals surface area contributed by atoms with Crippen molar-refractivity contribution < 1.29 is 18.0 Å². The molecule has 1 amide bonds. The van der Waals surface area contributed by atoms with Crippen molar-refractivity contribution in [1.82, 2.24) is 4.90 Å². The van der Waals surface area contributed by atoms with Crippen molar-refractivity contribution in [1.29, 1.82) is 0 Å². The second-order valence-electron chi connectivity index (χ2n) is 3.65. The summed E-state index contributed by atoms with van der Waals surface area (Å²) in [6, 6.07) is -0.563. The minimum absolute atomic E-state index is 0.329. The lowest BCUT2D eigenvalue weighted by atomic mass is 9.98. The molecular weight excluding hydrogens is 183 g/mol. The number of halogens is 3. The molecule has 0 aromatic rings. The molecule has 0 N–H and O–H groups in total. The van der Waals surface area contributed by atoms with E-state index < -0.39 is 18.1 Å². The molecule has 0 aromatic carbocycles. The molecular formula is C8H10F3NO. The van der Waals surface area contributed by atoms with Gasteiger partial charge in [-0.1, -0.05) is 0 Å². The molecule has 0 aromatic heterocycles. The molecule has 2 nitrogen and oxygen atoms in total. The van der Waals surface area contributed by atoms with Gasteiger partial charge in [0.05, 0.1) is 5.92 Å². The third-order valence-corrected chi connectivity index (χ3v) is 2.90. The van der Waals surface area contributed by atoms with Gasteiger partial charge in [0, 0.05) is 19.0 Å². The van der Waals surface area contributed by atoms with Gasteiger partial charge in [-0.3, -0.25) is 4.79 Å². The molecule has 2 rings (SSSR count). The van der Waals surface area contributed by atoms with Crippen molar-refractivity contribution >= 4 is 5.91 Å². The number of hydrogen-bond donors (Lipinski definition) is 0. The van der Waals surface area contributed by atoms with Crippen molar-refractivity contribution in [3.8, 4) is 0 Å². The first-order valence-electron chi connectivity index (χ1n) is 4.36. The predicted molar refractivity (Wildman–Crippen MR) is 38.9 cm³/mol. The van der Waals surface area contributed by atoms with E-state index >= 15 is 0 Å². The van der Waals surface area contributed by atoms with Crippen molar-refractivity contribution in [3.63, 3.8) is 0 Å². The average Bonchev–Trinajstić information content (AvgIpc) is 2.51. The first-order valence-corrected chi connectivity index (χ1v) is 4.36. The van der Waals surface area contributed by atoms with Crippen LogP contribution in [0.2, 0.25) is 0 Å². The Morgan fingerprint density at radius 1 is 1.38 bits per heavy atom. The molecule has 5 heteroatoms. The van der Waals surface area contributed by atoms with E-state index in [1.807, 2.05) is 0 Å². The van der Waals surface area contributed by atoms with Crippen LogP contribution in [0.1, 0.15) is 19.3 Å². The molecule has 0 unspecified atom stereocenters. The Kier molecular flexibility index (Phi) is 1.78. The Morgan fingerprint density at radius 2 is 2.08 bits per heavy atom. The molecule has 2 saturated heterocycles. The number of carbonyl (C=O) groups is 1. The summed E-state index contributed by atoms with van der Waals surface area (Å²) < 4.78 is 37.2. The summed E-state index contributed by atoms with van der Waals surface area (Å²) in [5.74, 6) is -1.74. The molecule has 2 aliphatic rings. The summed E-state index contributed by atoms with van der Waals surface area (Å²) in [5, 5.41) is 0. The van der Waals surface area contributed by atoms with Crippen molar-refractivity contribution in [3.05, 3.63) is 0 Å². The summed E-state index contributed by atoms with van der Waals surface area (Å²) in [5.41, 5.74) is 0. The van der Waals surface area contributed by atoms with Crippen LogP contribution in [0.25, 0.3) is 0 Å². The van der Waals surface area contributed by atoms with Gasteiger partial charge in [-0.2, -0.15) is 13.2 Å². The van der Waals surface area contributed by atoms with Crippen LogP contribution in [0.4, 0.5) is 13.2 Å². The Labute approximate surface area is 73.7 Å². The van der Waals surface area contributed by atoms with Crippen LogP contribution in [-0.2, 0) is 4.79 Å². The monoisotopic (exact) mass is 193 g/mol. The Morgan fingerprint density at radius 3 is 2.69 bits per heavy atom. The summed E-state index contributed by atoms with van der Waals surface area (Å²) in [6.07, 6.45) is -3.33. The fourth-order valence-electron chi connectivity index (χ4n) is 2.30. The van der Waals surface area contributed by atoms with E-state index in [1.165, 1.54) is 4.90 Å². The largest absolute Gasteiger partial charge is 0.394 e. The highest BCUT2D eigenvalue weighted by Crippen LogP contribution is 2.42. The molecule has 0 bridgehead atoms. The van der Waals surface area contributed by atoms with Crippen LogP contribution >= 0.6 is 0 Å². The van der Waals surface area contributed by atoms with E-state index in [-0.39, 0.29) is 12.3 Å². The maximum Gasteiger partial charge on any atom is 0.394 e. The topological polar surface area (TPSA) is 20.3 Å². The van der Waals surface area contributed by atoms with E-state index in [9.17, 15) is 18.0 Å². The smallest absolute Gasteiger partial charge is 0.339 e. The van der Waals surface area contributed by atoms with Crippen LogP contribution in [-0.4, -0.2) is 29.6 Å². The third kappa shape index (κ3) is 1.30. The number of alkyl halides is 3. The van der Waals surface area contributed by atoms with Crippen LogP contribution < -0.4 is 0 Å². The van der Waals surface area contributed by atoms with E-state index in [1.54, 1.807) is 0 Å². The first kappa shape index (κ1) is 8.84. The number of carbonyl (C=O) groups excluding carboxylic acids is 1.